The van der Waals surface area contributed by atoms with E-state index in [0.29, 0.717) is 12.1 Å². The Balaban J connectivity index is 1.93. The Labute approximate surface area is 158 Å². The standard InChI is InChI=1S/C21H24N4O2/c1-4-5-12-22-21(27)19-24-18(17-11-6-7-13-25(17)19)20(26)23-16-10-8-9-14(2)15(16)3/h6-11,13H,4-5,12H2,1-3H3,(H,22,27)(H,23,26). The van der Waals surface area contributed by atoms with Gasteiger partial charge < -0.3 is 10.6 Å². The highest BCUT2D eigenvalue weighted by Gasteiger charge is 2.21. The van der Waals surface area contributed by atoms with E-state index in [2.05, 4.69) is 22.5 Å². The number of hydrogen-bond donors (Lipinski definition) is 2. The number of aryl methyl sites for hydroxylation is 1. The van der Waals surface area contributed by atoms with Crippen LogP contribution in [0.15, 0.2) is 42.6 Å². The Morgan fingerprint density at radius 2 is 1.89 bits per heavy atom. The van der Waals surface area contributed by atoms with Crippen molar-refractivity contribution in [2.45, 2.75) is 33.6 Å². The number of imidazole rings is 1. The molecule has 2 N–H and O–H groups in total. The Bertz CT molecular complexity index is 991. The van der Waals surface area contributed by atoms with E-state index in [1.54, 1.807) is 16.7 Å². The summed E-state index contributed by atoms with van der Waals surface area (Å²) in [6, 6.07) is 11.2. The molecule has 140 valence electrons. The number of unbranched alkanes of at least 4 members (excludes halogenated alkanes) is 1. The van der Waals surface area contributed by atoms with Crippen LogP contribution < -0.4 is 10.6 Å². The summed E-state index contributed by atoms with van der Waals surface area (Å²) < 4.78 is 1.65. The summed E-state index contributed by atoms with van der Waals surface area (Å²) in [6.07, 6.45) is 3.63. The van der Waals surface area contributed by atoms with Gasteiger partial charge in [-0.15, -0.1) is 0 Å². The fourth-order valence-corrected chi connectivity index (χ4v) is 2.89. The summed E-state index contributed by atoms with van der Waals surface area (Å²) in [5.74, 6) is -0.400. The predicted molar refractivity (Wildman–Crippen MR) is 106 cm³/mol. The first-order valence-corrected chi connectivity index (χ1v) is 9.15. The van der Waals surface area contributed by atoms with Crippen molar-refractivity contribution in [2.24, 2.45) is 0 Å². The molecule has 0 atom stereocenters. The summed E-state index contributed by atoms with van der Waals surface area (Å²) in [7, 11) is 0. The van der Waals surface area contributed by atoms with Crippen LogP contribution in [0.1, 0.15) is 52.0 Å². The van der Waals surface area contributed by atoms with Gasteiger partial charge in [0.25, 0.3) is 11.8 Å². The molecule has 0 bridgehead atoms. The molecular formula is C21H24N4O2. The molecule has 0 aliphatic rings. The van der Waals surface area contributed by atoms with Crippen LogP contribution in [0, 0.1) is 13.8 Å². The van der Waals surface area contributed by atoms with Crippen molar-refractivity contribution in [3.05, 3.63) is 65.2 Å². The van der Waals surface area contributed by atoms with Crippen LogP contribution in [0.2, 0.25) is 0 Å². The van der Waals surface area contributed by atoms with Crippen molar-refractivity contribution in [3.63, 3.8) is 0 Å². The summed E-state index contributed by atoms with van der Waals surface area (Å²) in [5.41, 5.74) is 3.68. The number of fused-ring (bicyclic) bond motifs is 1. The Morgan fingerprint density at radius 3 is 2.67 bits per heavy atom. The number of nitrogens with one attached hydrogen (secondary N) is 2. The van der Waals surface area contributed by atoms with Gasteiger partial charge in [0.2, 0.25) is 5.82 Å². The number of carbonyl (C=O) groups excluding carboxylic acids is 2. The molecule has 3 aromatic rings. The van der Waals surface area contributed by atoms with Gasteiger partial charge in [0, 0.05) is 18.4 Å². The molecule has 0 aliphatic carbocycles. The Hall–Kier alpha value is -3.15. The molecule has 27 heavy (non-hydrogen) atoms. The van der Waals surface area contributed by atoms with Gasteiger partial charge in [0.05, 0.1) is 5.52 Å². The normalized spacial score (nSPS) is 10.8. The second kappa shape index (κ2) is 8.03. The lowest BCUT2D eigenvalue weighted by Crippen LogP contribution is -2.26. The quantitative estimate of drug-likeness (QED) is 0.654. The Kier molecular flexibility index (Phi) is 5.54. The van der Waals surface area contributed by atoms with Gasteiger partial charge in [-0.25, -0.2) is 4.98 Å². The lowest BCUT2D eigenvalue weighted by molar-refractivity contribution is 0.0942. The van der Waals surface area contributed by atoms with E-state index in [0.717, 1.165) is 29.7 Å². The molecule has 2 aromatic heterocycles. The van der Waals surface area contributed by atoms with Crippen molar-refractivity contribution in [1.82, 2.24) is 14.7 Å². The van der Waals surface area contributed by atoms with E-state index in [4.69, 9.17) is 0 Å². The van der Waals surface area contributed by atoms with Gasteiger partial charge in [0.1, 0.15) is 0 Å². The van der Waals surface area contributed by atoms with Crippen LogP contribution >= 0.6 is 0 Å². The predicted octanol–water partition coefficient (Wildman–Crippen LogP) is 3.73. The van der Waals surface area contributed by atoms with Gasteiger partial charge in [-0.2, -0.15) is 0 Å². The number of hydrogen-bond acceptors (Lipinski definition) is 3. The largest absolute Gasteiger partial charge is 0.349 e. The molecule has 0 spiro atoms. The Morgan fingerprint density at radius 1 is 1.07 bits per heavy atom. The van der Waals surface area contributed by atoms with Crippen LogP contribution in [-0.2, 0) is 0 Å². The first-order valence-electron chi connectivity index (χ1n) is 9.15. The van der Waals surface area contributed by atoms with Gasteiger partial charge in [0.15, 0.2) is 5.69 Å². The van der Waals surface area contributed by atoms with Crippen LogP contribution in [-0.4, -0.2) is 27.7 Å². The molecule has 0 radical (unpaired) electrons. The number of benzene rings is 1. The third kappa shape index (κ3) is 3.84. The third-order valence-electron chi connectivity index (χ3n) is 4.64. The summed E-state index contributed by atoms with van der Waals surface area (Å²) >= 11 is 0. The SMILES string of the molecule is CCCCNC(=O)c1nc(C(=O)Nc2cccc(C)c2C)c2ccccn12. The van der Waals surface area contributed by atoms with Gasteiger partial charge in [-0.3, -0.25) is 14.0 Å². The van der Waals surface area contributed by atoms with Crippen molar-refractivity contribution >= 4 is 23.0 Å². The lowest BCUT2D eigenvalue weighted by Gasteiger charge is -2.09. The summed E-state index contributed by atoms with van der Waals surface area (Å²) in [6.45, 7) is 6.60. The second-order valence-corrected chi connectivity index (χ2v) is 6.55. The number of aromatic nitrogens is 2. The van der Waals surface area contributed by atoms with Crippen molar-refractivity contribution in [3.8, 4) is 0 Å². The number of carbonyl (C=O) groups is 2. The highest BCUT2D eigenvalue weighted by molar-refractivity contribution is 6.09. The van der Waals surface area contributed by atoms with Crippen molar-refractivity contribution < 1.29 is 9.59 Å². The number of nitrogens with zero attached hydrogens (tertiary/aromatic N) is 2. The maximum absolute atomic E-state index is 12.9. The van der Waals surface area contributed by atoms with Crippen LogP contribution in [0.25, 0.3) is 5.52 Å². The zero-order chi connectivity index (χ0) is 19.4. The minimum atomic E-state index is -0.333. The second-order valence-electron chi connectivity index (χ2n) is 6.55. The van der Waals surface area contributed by atoms with E-state index in [-0.39, 0.29) is 23.3 Å². The number of anilines is 1. The summed E-state index contributed by atoms with van der Waals surface area (Å²) in [4.78, 5) is 29.7. The highest BCUT2D eigenvalue weighted by Crippen LogP contribution is 2.20. The average molecular weight is 364 g/mol. The number of rotatable bonds is 6. The highest BCUT2D eigenvalue weighted by atomic mass is 16.2. The molecule has 0 saturated carbocycles. The van der Waals surface area contributed by atoms with Crippen LogP contribution in [0.3, 0.4) is 0 Å². The third-order valence-corrected chi connectivity index (χ3v) is 4.64. The molecule has 6 nitrogen and oxygen atoms in total. The average Bonchev–Trinajstić information content (AvgIpc) is 3.05. The van der Waals surface area contributed by atoms with Crippen LogP contribution in [0.5, 0.6) is 0 Å². The maximum Gasteiger partial charge on any atom is 0.287 e. The van der Waals surface area contributed by atoms with E-state index in [1.165, 1.54) is 0 Å². The van der Waals surface area contributed by atoms with Crippen molar-refractivity contribution in [1.29, 1.82) is 0 Å². The fourth-order valence-electron chi connectivity index (χ4n) is 2.89. The zero-order valence-electron chi connectivity index (χ0n) is 15.9. The molecule has 3 rings (SSSR count). The first-order chi connectivity index (χ1) is 13.0. The van der Waals surface area contributed by atoms with Gasteiger partial charge in [-0.05, 0) is 49.6 Å². The van der Waals surface area contributed by atoms with Crippen LogP contribution in [0.4, 0.5) is 5.69 Å². The first kappa shape index (κ1) is 18.6. The van der Waals surface area contributed by atoms with E-state index >= 15 is 0 Å². The fraction of sp³-hybridized carbons (Fsp3) is 0.286. The monoisotopic (exact) mass is 364 g/mol. The lowest BCUT2D eigenvalue weighted by atomic mass is 10.1. The molecule has 2 amide bonds. The summed E-state index contributed by atoms with van der Waals surface area (Å²) in [5, 5.41) is 5.77. The minimum absolute atomic E-state index is 0.216. The van der Waals surface area contributed by atoms with E-state index < -0.39 is 0 Å². The molecule has 0 saturated heterocycles. The minimum Gasteiger partial charge on any atom is -0.349 e. The number of pyridine rings is 1. The van der Waals surface area contributed by atoms with Gasteiger partial charge in [-0.1, -0.05) is 31.5 Å². The molecule has 0 unspecified atom stereocenters. The topological polar surface area (TPSA) is 75.5 Å². The zero-order valence-corrected chi connectivity index (χ0v) is 15.9. The molecular weight excluding hydrogens is 340 g/mol. The van der Waals surface area contributed by atoms with E-state index in [1.807, 2.05) is 44.2 Å². The van der Waals surface area contributed by atoms with E-state index in [9.17, 15) is 9.59 Å². The van der Waals surface area contributed by atoms with Gasteiger partial charge >= 0.3 is 0 Å². The smallest absolute Gasteiger partial charge is 0.287 e. The molecule has 2 heterocycles. The molecule has 0 aliphatic heterocycles. The molecule has 6 heteroatoms. The van der Waals surface area contributed by atoms with Crippen molar-refractivity contribution in [2.75, 3.05) is 11.9 Å². The molecule has 1 aromatic carbocycles. The molecule has 0 fully saturated rings. The number of amides is 2. The maximum atomic E-state index is 12.9.